The smallest absolute Gasteiger partial charge is 0.271 e. The zero-order valence-corrected chi connectivity index (χ0v) is 17.6. The van der Waals surface area contributed by atoms with Crippen LogP contribution in [0.15, 0.2) is 47.6 Å². The zero-order valence-electron chi connectivity index (χ0n) is 16.8. The van der Waals surface area contributed by atoms with Crippen LogP contribution in [0.3, 0.4) is 0 Å². The summed E-state index contributed by atoms with van der Waals surface area (Å²) in [4.78, 5) is 25.6. The number of rotatable bonds is 8. The van der Waals surface area contributed by atoms with Crippen molar-refractivity contribution >= 4 is 29.6 Å². The van der Waals surface area contributed by atoms with E-state index in [1.807, 2.05) is 6.92 Å². The maximum absolute atomic E-state index is 12.1. The number of halogens is 1. The standard InChI is InChI=1S/C21H24ClN3O4/c1-5-28-19-11-15(9-10-18(19)29-14(2)21(27)25(3)4)13-23-24-20(26)16-7-6-8-17(22)12-16/h6-14H,5H2,1-4H3,(H,24,26)/b23-13-/t14-/m0/s1. The molecule has 0 unspecified atom stereocenters. The summed E-state index contributed by atoms with van der Waals surface area (Å²) >= 11 is 5.89. The fourth-order valence-electron chi connectivity index (χ4n) is 2.43. The molecule has 1 atom stereocenters. The van der Waals surface area contributed by atoms with E-state index >= 15 is 0 Å². The van der Waals surface area contributed by atoms with Crippen molar-refractivity contribution in [3.63, 3.8) is 0 Å². The molecule has 0 aromatic heterocycles. The Morgan fingerprint density at radius 3 is 2.62 bits per heavy atom. The molecule has 7 nitrogen and oxygen atoms in total. The Balaban J connectivity index is 2.09. The zero-order chi connectivity index (χ0) is 21.4. The number of nitrogens with one attached hydrogen (secondary N) is 1. The summed E-state index contributed by atoms with van der Waals surface area (Å²) in [7, 11) is 3.34. The maximum atomic E-state index is 12.1. The molecule has 2 aromatic rings. The number of carbonyl (C=O) groups excluding carboxylic acids is 2. The van der Waals surface area contributed by atoms with Gasteiger partial charge in [-0.2, -0.15) is 5.10 Å². The molecular formula is C21H24ClN3O4. The highest BCUT2D eigenvalue weighted by Gasteiger charge is 2.18. The highest BCUT2D eigenvalue weighted by atomic mass is 35.5. The second kappa shape index (κ2) is 10.5. The first kappa shape index (κ1) is 22.2. The number of hydrogen-bond acceptors (Lipinski definition) is 5. The molecule has 1 N–H and O–H groups in total. The molecule has 29 heavy (non-hydrogen) atoms. The number of benzene rings is 2. The third-order valence-corrected chi connectivity index (χ3v) is 4.06. The van der Waals surface area contributed by atoms with Crippen molar-refractivity contribution in [2.75, 3.05) is 20.7 Å². The number of hydrogen-bond donors (Lipinski definition) is 1. The maximum Gasteiger partial charge on any atom is 0.271 e. The lowest BCUT2D eigenvalue weighted by molar-refractivity contribution is -0.135. The second-order valence-corrected chi connectivity index (χ2v) is 6.78. The molecular weight excluding hydrogens is 394 g/mol. The van der Waals surface area contributed by atoms with E-state index in [9.17, 15) is 9.59 Å². The molecule has 8 heteroatoms. The Bertz CT molecular complexity index is 899. The molecule has 2 aromatic carbocycles. The Hall–Kier alpha value is -3.06. The molecule has 0 saturated heterocycles. The van der Waals surface area contributed by atoms with Crippen molar-refractivity contribution in [1.82, 2.24) is 10.3 Å². The van der Waals surface area contributed by atoms with Crippen LogP contribution in [0.2, 0.25) is 5.02 Å². The highest BCUT2D eigenvalue weighted by Crippen LogP contribution is 2.29. The number of ether oxygens (including phenoxy) is 2. The van der Waals surface area contributed by atoms with E-state index in [1.165, 1.54) is 11.1 Å². The highest BCUT2D eigenvalue weighted by molar-refractivity contribution is 6.30. The average Bonchev–Trinajstić information content (AvgIpc) is 2.69. The molecule has 154 valence electrons. The molecule has 0 saturated carbocycles. The number of amides is 2. The van der Waals surface area contributed by atoms with Crippen LogP contribution in [0.1, 0.15) is 29.8 Å². The van der Waals surface area contributed by atoms with E-state index < -0.39 is 6.10 Å². The molecule has 0 radical (unpaired) electrons. The Morgan fingerprint density at radius 2 is 1.97 bits per heavy atom. The van der Waals surface area contributed by atoms with Crippen molar-refractivity contribution in [3.05, 3.63) is 58.6 Å². The summed E-state index contributed by atoms with van der Waals surface area (Å²) in [5.41, 5.74) is 3.55. The van der Waals surface area contributed by atoms with Crippen molar-refractivity contribution in [2.24, 2.45) is 5.10 Å². The van der Waals surface area contributed by atoms with Gasteiger partial charge < -0.3 is 14.4 Å². The van der Waals surface area contributed by atoms with Crippen LogP contribution in [-0.2, 0) is 4.79 Å². The molecule has 0 fully saturated rings. The SMILES string of the molecule is CCOc1cc(/C=N\NC(=O)c2cccc(Cl)c2)ccc1O[C@@H](C)C(=O)N(C)C. The molecule has 2 rings (SSSR count). The van der Waals surface area contributed by atoms with Gasteiger partial charge in [-0.05, 0) is 55.8 Å². The summed E-state index contributed by atoms with van der Waals surface area (Å²) in [5, 5.41) is 4.44. The molecule has 2 amide bonds. The molecule has 0 bridgehead atoms. The van der Waals surface area contributed by atoms with Gasteiger partial charge in [0, 0.05) is 24.7 Å². The first-order valence-electron chi connectivity index (χ1n) is 9.05. The van der Waals surface area contributed by atoms with Crippen LogP contribution in [0.25, 0.3) is 0 Å². The number of likely N-dealkylation sites (N-methyl/N-ethyl adjacent to an activating group) is 1. The topological polar surface area (TPSA) is 80.2 Å². The number of hydrazone groups is 1. The molecule has 0 heterocycles. The quantitative estimate of drug-likeness (QED) is 0.527. The Kier molecular flexibility index (Phi) is 8.03. The van der Waals surface area contributed by atoms with Gasteiger partial charge in [0.15, 0.2) is 17.6 Å². The lowest BCUT2D eigenvalue weighted by Crippen LogP contribution is -2.35. The van der Waals surface area contributed by atoms with E-state index in [4.69, 9.17) is 21.1 Å². The molecule has 0 aliphatic rings. The van der Waals surface area contributed by atoms with Crippen LogP contribution in [0, 0.1) is 0 Å². The minimum absolute atomic E-state index is 0.151. The van der Waals surface area contributed by atoms with Gasteiger partial charge in [0.05, 0.1) is 12.8 Å². The first-order valence-corrected chi connectivity index (χ1v) is 9.43. The van der Waals surface area contributed by atoms with Crippen LogP contribution < -0.4 is 14.9 Å². The summed E-state index contributed by atoms with van der Waals surface area (Å²) in [6.07, 6.45) is 0.837. The van der Waals surface area contributed by atoms with E-state index in [0.717, 1.165) is 0 Å². The van der Waals surface area contributed by atoms with E-state index in [-0.39, 0.29) is 11.8 Å². The minimum atomic E-state index is -0.652. The van der Waals surface area contributed by atoms with E-state index in [2.05, 4.69) is 10.5 Å². The van der Waals surface area contributed by atoms with Gasteiger partial charge in [0.2, 0.25) is 0 Å². The van der Waals surface area contributed by atoms with Crippen LogP contribution >= 0.6 is 11.6 Å². The third-order valence-electron chi connectivity index (χ3n) is 3.83. The lowest BCUT2D eigenvalue weighted by Gasteiger charge is -2.20. The predicted octanol–water partition coefficient (Wildman–Crippen LogP) is 3.36. The normalized spacial score (nSPS) is 11.8. The Labute approximate surface area is 175 Å². The van der Waals surface area contributed by atoms with Crippen molar-refractivity contribution < 1.29 is 19.1 Å². The monoisotopic (exact) mass is 417 g/mol. The lowest BCUT2D eigenvalue weighted by atomic mass is 10.2. The average molecular weight is 418 g/mol. The minimum Gasteiger partial charge on any atom is -0.490 e. The largest absolute Gasteiger partial charge is 0.490 e. The van der Waals surface area contributed by atoms with Crippen molar-refractivity contribution in [1.29, 1.82) is 0 Å². The fourth-order valence-corrected chi connectivity index (χ4v) is 2.63. The van der Waals surface area contributed by atoms with Crippen LogP contribution in [0.4, 0.5) is 0 Å². The number of nitrogens with zero attached hydrogens (tertiary/aromatic N) is 2. The van der Waals surface area contributed by atoms with E-state index in [0.29, 0.717) is 34.3 Å². The molecule has 0 spiro atoms. The van der Waals surface area contributed by atoms with Gasteiger partial charge in [-0.25, -0.2) is 5.43 Å². The summed E-state index contributed by atoms with van der Waals surface area (Å²) in [5.74, 6) is 0.414. The first-order chi connectivity index (χ1) is 13.8. The van der Waals surface area contributed by atoms with Crippen molar-refractivity contribution in [3.8, 4) is 11.5 Å². The Morgan fingerprint density at radius 1 is 1.21 bits per heavy atom. The summed E-state index contributed by atoms with van der Waals surface area (Å²) in [6, 6.07) is 11.8. The van der Waals surface area contributed by atoms with Gasteiger partial charge in [-0.15, -0.1) is 0 Å². The number of carbonyl (C=O) groups is 2. The van der Waals surface area contributed by atoms with Crippen molar-refractivity contribution in [2.45, 2.75) is 20.0 Å². The van der Waals surface area contributed by atoms with E-state index in [1.54, 1.807) is 63.5 Å². The van der Waals surface area contributed by atoms with Gasteiger partial charge >= 0.3 is 0 Å². The predicted molar refractivity (Wildman–Crippen MR) is 113 cm³/mol. The molecule has 0 aliphatic heterocycles. The molecule has 0 aliphatic carbocycles. The third kappa shape index (κ3) is 6.50. The van der Waals surface area contributed by atoms with Crippen LogP contribution in [0.5, 0.6) is 11.5 Å². The summed E-state index contributed by atoms with van der Waals surface area (Å²) in [6.45, 7) is 3.96. The fraction of sp³-hybridized carbons (Fsp3) is 0.286. The second-order valence-electron chi connectivity index (χ2n) is 6.34. The van der Waals surface area contributed by atoms with Gasteiger partial charge in [-0.1, -0.05) is 17.7 Å². The summed E-state index contributed by atoms with van der Waals surface area (Å²) < 4.78 is 11.4. The van der Waals surface area contributed by atoms with Crippen LogP contribution in [-0.4, -0.2) is 49.7 Å². The van der Waals surface area contributed by atoms with Gasteiger partial charge in [0.25, 0.3) is 11.8 Å². The van der Waals surface area contributed by atoms with Gasteiger partial charge in [-0.3, -0.25) is 9.59 Å². The van der Waals surface area contributed by atoms with Gasteiger partial charge in [0.1, 0.15) is 0 Å².